The Balaban J connectivity index is 1.16. The van der Waals surface area contributed by atoms with Gasteiger partial charge in [0, 0.05) is 18.4 Å². The summed E-state index contributed by atoms with van der Waals surface area (Å²) in [6.07, 6.45) is 17.1. The third-order valence-electron chi connectivity index (χ3n) is 13.0. The summed E-state index contributed by atoms with van der Waals surface area (Å²) in [4.78, 5) is 68.7. The largest absolute Gasteiger partial charge is 0.497 e. The monoisotopic (exact) mass is 832 g/mol. The van der Waals surface area contributed by atoms with E-state index in [1.807, 2.05) is 24.3 Å². The number of amides is 4. The molecule has 0 radical (unpaired) electrons. The van der Waals surface area contributed by atoms with Crippen LogP contribution in [0.4, 0.5) is 4.79 Å². The molecule has 0 spiro atoms. The second kappa shape index (κ2) is 17.5. The molecule has 7 atom stereocenters. The first kappa shape index (κ1) is 41.0. The molecule has 4 heterocycles. The number of carbonyl (C=O) groups is 4. The zero-order valence-electron chi connectivity index (χ0n) is 33.7. The number of sulfonamides is 1. The molecule has 3 bridgehead atoms. The molecule has 318 valence electrons. The van der Waals surface area contributed by atoms with Gasteiger partial charge in [-0.15, -0.1) is 0 Å². The first-order chi connectivity index (χ1) is 28.5. The van der Waals surface area contributed by atoms with Gasteiger partial charge in [0.15, 0.2) is 0 Å². The van der Waals surface area contributed by atoms with E-state index in [4.69, 9.17) is 24.2 Å². The molecular weight excluding hydrogens is 777 g/mol. The predicted molar refractivity (Wildman–Crippen MR) is 218 cm³/mol. The molecule has 59 heavy (non-hydrogen) atoms. The molecule has 3 aliphatic heterocycles. The van der Waals surface area contributed by atoms with Crippen molar-refractivity contribution in [2.75, 3.05) is 13.7 Å². The van der Waals surface area contributed by atoms with Gasteiger partial charge in [-0.2, -0.15) is 0 Å². The van der Waals surface area contributed by atoms with Gasteiger partial charge in [-0.05, 0) is 95.1 Å². The van der Waals surface area contributed by atoms with E-state index in [-0.39, 0.29) is 25.0 Å². The smallest absolute Gasteiger partial charge is 0.408 e. The van der Waals surface area contributed by atoms with Crippen LogP contribution >= 0.6 is 0 Å². The van der Waals surface area contributed by atoms with Gasteiger partial charge in [0.1, 0.15) is 41.3 Å². The number of hydrogen-bond acceptors (Lipinski definition) is 11. The van der Waals surface area contributed by atoms with Gasteiger partial charge >= 0.3 is 6.09 Å². The van der Waals surface area contributed by atoms with Crippen LogP contribution in [-0.2, 0) is 35.6 Å². The molecule has 4 amide bonds. The van der Waals surface area contributed by atoms with Crippen LogP contribution in [0.1, 0.15) is 108 Å². The SMILES string of the molecule is COc1ccc2nc3c(nc2c1)O[C@@H]1C[C@H]2C(=O)N[C@]4(C(=O)NS(=O)(=O)C5CC5)C=CC[C@H]4/C=C\CCCCC[C@H](NC(=O)O[C@@H]4CCC[C@H]4CCCCC3)C(=O)N2C1. The van der Waals surface area contributed by atoms with Gasteiger partial charge in [-0.3, -0.25) is 19.1 Å². The van der Waals surface area contributed by atoms with Crippen LogP contribution < -0.4 is 24.8 Å². The summed E-state index contributed by atoms with van der Waals surface area (Å²) in [6.45, 7) is -0.0134. The van der Waals surface area contributed by atoms with Crippen molar-refractivity contribution in [2.45, 2.75) is 144 Å². The lowest BCUT2D eigenvalue weighted by molar-refractivity contribution is -0.142. The number of carbonyl (C=O) groups excluding carboxylic acids is 4. The van der Waals surface area contributed by atoms with Crippen molar-refractivity contribution in [1.82, 2.24) is 30.2 Å². The second-order valence-electron chi connectivity index (χ2n) is 17.1. The molecule has 1 saturated heterocycles. The van der Waals surface area contributed by atoms with Gasteiger partial charge in [-0.1, -0.05) is 50.0 Å². The molecule has 3 fully saturated rings. The first-order valence-electron chi connectivity index (χ1n) is 21.5. The number of hydrogen-bond donors (Lipinski definition) is 3. The average Bonchev–Trinajstić information content (AvgIpc) is 3.69. The molecular formula is C43H56N6O9S. The minimum absolute atomic E-state index is 0.0134. The van der Waals surface area contributed by atoms with E-state index < -0.39 is 68.7 Å². The number of allylic oxidation sites excluding steroid dienone is 2. The average molecular weight is 833 g/mol. The second-order valence-corrected chi connectivity index (χ2v) is 19.0. The summed E-state index contributed by atoms with van der Waals surface area (Å²) in [7, 11) is -2.38. The summed E-state index contributed by atoms with van der Waals surface area (Å²) >= 11 is 0. The highest BCUT2D eigenvalue weighted by atomic mass is 32.2. The number of methoxy groups -OCH3 is 1. The molecule has 1 aromatic heterocycles. The van der Waals surface area contributed by atoms with E-state index in [1.54, 1.807) is 25.3 Å². The van der Waals surface area contributed by atoms with Crippen LogP contribution in [0.25, 0.3) is 11.0 Å². The van der Waals surface area contributed by atoms with E-state index in [0.29, 0.717) is 73.3 Å². The lowest BCUT2D eigenvalue weighted by Crippen LogP contribution is -2.64. The number of ether oxygens (including phenoxy) is 3. The highest BCUT2D eigenvalue weighted by molar-refractivity contribution is 7.91. The van der Waals surface area contributed by atoms with Gasteiger partial charge in [-0.25, -0.2) is 23.2 Å². The number of aromatic nitrogens is 2. The predicted octanol–water partition coefficient (Wildman–Crippen LogP) is 4.93. The quantitative estimate of drug-likeness (QED) is 0.354. The van der Waals surface area contributed by atoms with Crippen LogP contribution in [0.2, 0.25) is 0 Å². The number of nitrogens with one attached hydrogen (secondary N) is 3. The van der Waals surface area contributed by atoms with Crippen molar-refractivity contribution in [3.63, 3.8) is 0 Å². The Labute approximate surface area is 345 Å². The lowest BCUT2D eigenvalue weighted by atomic mass is 9.85. The minimum atomic E-state index is -3.96. The van der Waals surface area contributed by atoms with E-state index in [9.17, 15) is 27.6 Å². The number of aryl methyl sites for hydroxylation is 1. The van der Waals surface area contributed by atoms with Crippen molar-refractivity contribution in [3.8, 4) is 11.6 Å². The van der Waals surface area contributed by atoms with Gasteiger partial charge < -0.3 is 29.7 Å². The maximum absolute atomic E-state index is 14.8. The van der Waals surface area contributed by atoms with Gasteiger partial charge in [0.05, 0.1) is 29.9 Å². The zero-order valence-corrected chi connectivity index (χ0v) is 34.6. The Bertz CT molecular complexity index is 2110. The Hall–Kier alpha value is -4.73. The van der Waals surface area contributed by atoms with Crippen LogP contribution in [0, 0.1) is 11.8 Å². The molecule has 16 heteroatoms. The zero-order chi connectivity index (χ0) is 41.1. The first-order valence-corrected chi connectivity index (χ1v) is 23.1. The van der Waals surface area contributed by atoms with E-state index in [2.05, 4.69) is 15.4 Å². The molecule has 0 unspecified atom stereocenters. The van der Waals surface area contributed by atoms with Gasteiger partial charge in [0.25, 0.3) is 5.91 Å². The fourth-order valence-corrected chi connectivity index (χ4v) is 10.8. The summed E-state index contributed by atoms with van der Waals surface area (Å²) in [5.41, 5.74) is 0.205. The number of alkyl carbamates (subject to hydrolysis) is 1. The fourth-order valence-electron chi connectivity index (χ4n) is 9.49. The van der Waals surface area contributed by atoms with Crippen LogP contribution in [-0.4, -0.2) is 95.8 Å². The molecule has 8 rings (SSSR count). The number of fused-ring (bicyclic) bond motifs is 6. The molecule has 3 aliphatic carbocycles. The fraction of sp³-hybridized carbons (Fsp3) is 0.628. The topological polar surface area (TPSA) is 195 Å². The summed E-state index contributed by atoms with van der Waals surface area (Å²) in [6, 6.07) is 3.35. The van der Waals surface area contributed by atoms with Crippen LogP contribution in [0.5, 0.6) is 11.6 Å². The third-order valence-corrected chi connectivity index (χ3v) is 14.8. The molecule has 1 aromatic carbocycles. The lowest BCUT2D eigenvalue weighted by Gasteiger charge is -2.35. The molecule has 15 nitrogen and oxygen atoms in total. The van der Waals surface area contributed by atoms with Gasteiger partial charge in [0.2, 0.25) is 27.7 Å². The van der Waals surface area contributed by atoms with Crippen LogP contribution in [0.15, 0.2) is 42.5 Å². The highest BCUT2D eigenvalue weighted by Gasteiger charge is 2.52. The van der Waals surface area contributed by atoms with E-state index in [1.165, 1.54) is 4.90 Å². The van der Waals surface area contributed by atoms with E-state index >= 15 is 0 Å². The Morgan fingerprint density at radius 1 is 0.932 bits per heavy atom. The van der Waals surface area contributed by atoms with Crippen molar-refractivity contribution in [1.29, 1.82) is 0 Å². The van der Waals surface area contributed by atoms with E-state index in [0.717, 1.165) is 57.8 Å². The Morgan fingerprint density at radius 3 is 2.58 bits per heavy atom. The number of benzene rings is 1. The third kappa shape index (κ3) is 9.07. The minimum Gasteiger partial charge on any atom is -0.497 e. The molecule has 6 aliphatic rings. The van der Waals surface area contributed by atoms with Crippen molar-refractivity contribution < 1.29 is 41.8 Å². The molecule has 2 aromatic rings. The normalized spacial score (nSPS) is 31.5. The number of rotatable bonds is 4. The van der Waals surface area contributed by atoms with Crippen molar-refractivity contribution in [2.24, 2.45) is 11.8 Å². The summed E-state index contributed by atoms with van der Waals surface area (Å²) < 4.78 is 46.6. The highest BCUT2D eigenvalue weighted by Crippen LogP contribution is 2.37. The molecule has 3 N–H and O–H groups in total. The Morgan fingerprint density at radius 2 is 1.75 bits per heavy atom. The maximum Gasteiger partial charge on any atom is 0.408 e. The van der Waals surface area contributed by atoms with Crippen molar-refractivity contribution in [3.05, 3.63) is 48.2 Å². The van der Waals surface area contributed by atoms with Crippen molar-refractivity contribution >= 4 is 44.9 Å². The maximum atomic E-state index is 14.8. The summed E-state index contributed by atoms with van der Waals surface area (Å²) in [5, 5.41) is 5.20. The summed E-state index contributed by atoms with van der Waals surface area (Å²) in [5.74, 6) is -1.36. The van der Waals surface area contributed by atoms with Crippen LogP contribution in [0.3, 0.4) is 0 Å². The standard InChI is InChI=1S/C43H56N6O9S/c1-56-29-19-22-32-35(24-29)45-39-33(44-32)16-9-5-6-12-27-13-10-18-37(27)58-42(53)46-34-17-8-4-2-3-7-14-28-15-11-23-43(28,41(52)48-59(54,55)31-20-21-31)47-38(50)36-25-30(57-39)26-49(36)40(34)51/h7,11,14,19,22-24,27-28,30-31,34,36-37H,2-6,8-10,12-13,15-18,20-21,25-26H2,1H3,(H,46,53)(H,47,50)(H,48,52)/b14-7-/t27-,28-,30-,34+,36+,37-,43-/m1/s1. The Kier molecular flexibility index (Phi) is 12.1. The number of nitrogens with zero attached hydrogens (tertiary/aromatic N) is 3. The molecule has 2 saturated carbocycles.